The van der Waals surface area contributed by atoms with Crippen molar-refractivity contribution >= 4 is 6.03 Å². The second kappa shape index (κ2) is 8.26. The third kappa shape index (κ3) is 4.16. The fourth-order valence-electron chi connectivity index (χ4n) is 3.70. The Morgan fingerprint density at radius 2 is 2.00 bits per heavy atom. The van der Waals surface area contributed by atoms with Crippen LogP contribution in [0.1, 0.15) is 17.3 Å². The monoisotopic (exact) mass is 386 g/mol. The largest absolute Gasteiger partial charge is 0.371 e. The molecule has 1 aromatic carbocycles. The maximum atomic E-state index is 12.3. The average molecular weight is 386 g/mol. The van der Waals surface area contributed by atoms with Gasteiger partial charge in [-0.2, -0.15) is 0 Å². The lowest BCUT2D eigenvalue weighted by molar-refractivity contribution is 0.0622. The fraction of sp³-hybridized carbons (Fsp3) is 0.526. The van der Waals surface area contributed by atoms with E-state index in [0.717, 1.165) is 17.8 Å². The van der Waals surface area contributed by atoms with Gasteiger partial charge in [0.05, 0.1) is 31.1 Å². The first kappa shape index (κ1) is 18.9. The first-order chi connectivity index (χ1) is 13.6. The molecule has 0 saturated carbocycles. The van der Waals surface area contributed by atoms with Crippen molar-refractivity contribution in [3.8, 4) is 0 Å². The summed E-state index contributed by atoms with van der Waals surface area (Å²) in [5, 5.41) is 14.3. The zero-order chi connectivity index (χ0) is 19.5. The van der Waals surface area contributed by atoms with Gasteiger partial charge in [-0.05, 0) is 19.7 Å². The van der Waals surface area contributed by atoms with E-state index in [9.17, 15) is 4.79 Å². The molecule has 0 spiro atoms. The van der Waals surface area contributed by atoms with Gasteiger partial charge in [0.1, 0.15) is 18.2 Å². The maximum absolute atomic E-state index is 12.3. The summed E-state index contributed by atoms with van der Waals surface area (Å²) in [7, 11) is 3.99. The number of fused-ring (bicyclic) bond motifs is 1. The molecule has 2 aromatic rings. The van der Waals surface area contributed by atoms with Crippen molar-refractivity contribution < 1.29 is 14.3 Å². The highest BCUT2D eigenvalue weighted by Gasteiger charge is 2.49. The molecule has 4 unspecified atom stereocenters. The Morgan fingerprint density at radius 3 is 2.79 bits per heavy atom. The first-order valence-corrected chi connectivity index (χ1v) is 9.47. The molecule has 4 atom stereocenters. The van der Waals surface area contributed by atoms with Crippen LogP contribution >= 0.6 is 0 Å². The van der Waals surface area contributed by atoms with Crippen molar-refractivity contribution in [2.45, 2.75) is 37.4 Å². The minimum atomic E-state index is -0.223. The van der Waals surface area contributed by atoms with Crippen LogP contribution in [0.5, 0.6) is 0 Å². The third-order valence-corrected chi connectivity index (χ3v) is 5.02. The summed E-state index contributed by atoms with van der Waals surface area (Å²) in [6, 6.07) is 9.36. The summed E-state index contributed by atoms with van der Waals surface area (Å²) in [4.78, 5) is 14.3. The lowest BCUT2D eigenvalue weighted by atomic mass is 10.1. The topological polar surface area (TPSA) is 93.5 Å². The highest BCUT2D eigenvalue weighted by molar-refractivity contribution is 5.74. The number of nitrogens with one attached hydrogen (secondary N) is 2. The van der Waals surface area contributed by atoms with Crippen LogP contribution in [0.25, 0.3) is 0 Å². The van der Waals surface area contributed by atoms with Crippen molar-refractivity contribution in [2.75, 3.05) is 27.3 Å². The van der Waals surface area contributed by atoms with Crippen molar-refractivity contribution in [3.05, 3.63) is 47.8 Å². The molecular formula is C19H26N6O3. The Balaban J connectivity index is 1.31. The lowest BCUT2D eigenvalue weighted by Gasteiger charge is -2.18. The molecule has 0 bridgehead atoms. The van der Waals surface area contributed by atoms with Crippen LogP contribution in [0.2, 0.25) is 0 Å². The van der Waals surface area contributed by atoms with Gasteiger partial charge in [0.25, 0.3) is 0 Å². The number of carbonyl (C=O) groups excluding carboxylic acids is 1. The first-order valence-electron chi connectivity index (χ1n) is 9.47. The van der Waals surface area contributed by atoms with Crippen molar-refractivity contribution in [1.82, 2.24) is 30.5 Å². The molecule has 28 heavy (non-hydrogen) atoms. The van der Waals surface area contributed by atoms with Crippen LogP contribution in [-0.2, 0) is 22.6 Å². The third-order valence-electron chi connectivity index (χ3n) is 5.02. The van der Waals surface area contributed by atoms with Gasteiger partial charge in [0, 0.05) is 13.1 Å². The van der Waals surface area contributed by atoms with Gasteiger partial charge in [-0.25, -0.2) is 9.48 Å². The van der Waals surface area contributed by atoms with Crippen molar-refractivity contribution in [3.63, 3.8) is 0 Å². The Labute approximate surface area is 164 Å². The molecule has 2 aliphatic rings. The van der Waals surface area contributed by atoms with Crippen LogP contribution in [0.3, 0.4) is 0 Å². The van der Waals surface area contributed by atoms with E-state index in [1.165, 1.54) is 0 Å². The summed E-state index contributed by atoms with van der Waals surface area (Å²) >= 11 is 0. The molecule has 150 valence electrons. The Hall–Kier alpha value is -2.49. The van der Waals surface area contributed by atoms with Crippen LogP contribution in [0.4, 0.5) is 4.79 Å². The molecule has 2 saturated heterocycles. The molecule has 3 heterocycles. The van der Waals surface area contributed by atoms with Gasteiger partial charge >= 0.3 is 6.03 Å². The Kier molecular flexibility index (Phi) is 5.56. The highest BCUT2D eigenvalue weighted by Crippen LogP contribution is 2.33. The van der Waals surface area contributed by atoms with E-state index < -0.39 is 0 Å². The van der Waals surface area contributed by atoms with E-state index in [1.807, 2.05) is 60.2 Å². The molecule has 9 nitrogen and oxygen atoms in total. The summed E-state index contributed by atoms with van der Waals surface area (Å²) in [6.45, 7) is 2.12. The van der Waals surface area contributed by atoms with Gasteiger partial charge < -0.3 is 25.0 Å². The van der Waals surface area contributed by atoms with Gasteiger partial charge in [-0.1, -0.05) is 35.5 Å². The van der Waals surface area contributed by atoms with Crippen molar-refractivity contribution in [2.24, 2.45) is 0 Å². The lowest BCUT2D eigenvalue weighted by Crippen LogP contribution is -2.48. The summed E-state index contributed by atoms with van der Waals surface area (Å²) in [5.41, 5.74) is 1.96. The van der Waals surface area contributed by atoms with Crippen LogP contribution in [0, 0.1) is 0 Å². The number of carbonyl (C=O) groups is 1. The number of ether oxygens (including phenoxy) is 2. The molecule has 0 aliphatic carbocycles. The second-order valence-electron chi connectivity index (χ2n) is 7.51. The SMILES string of the molecule is CN(C)Cc1cn(C2COC3C(NC(=O)NCc4ccccc4)COC32)nn1. The smallest absolute Gasteiger partial charge is 0.315 e. The summed E-state index contributed by atoms with van der Waals surface area (Å²) in [6.07, 6.45) is 1.61. The molecule has 2 N–H and O–H groups in total. The number of nitrogens with zero attached hydrogens (tertiary/aromatic N) is 4. The molecular weight excluding hydrogens is 360 g/mol. The van der Waals surface area contributed by atoms with Gasteiger partial charge in [0.15, 0.2) is 0 Å². The minimum Gasteiger partial charge on any atom is -0.371 e. The summed E-state index contributed by atoms with van der Waals surface area (Å²) < 4.78 is 13.7. The number of benzene rings is 1. The van der Waals surface area contributed by atoms with Crippen LogP contribution in [0.15, 0.2) is 36.5 Å². The van der Waals surface area contributed by atoms with Gasteiger partial charge in [-0.15, -0.1) is 5.10 Å². The number of amides is 2. The molecule has 2 aliphatic heterocycles. The van der Waals surface area contributed by atoms with Gasteiger partial charge in [0.2, 0.25) is 0 Å². The molecule has 9 heteroatoms. The number of aromatic nitrogens is 3. The van der Waals surface area contributed by atoms with Gasteiger partial charge in [-0.3, -0.25) is 0 Å². The predicted molar refractivity (Wildman–Crippen MR) is 102 cm³/mol. The molecule has 2 fully saturated rings. The zero-order valence-corrected chi connectivity index (χ0v) is 16.1. The normalized spacial score (nSPS) is 26.4. The molecule has 0 radical (unpaired) electrons. The van der Waals surface area contributed by atoms with E-state index >= 15 is 0 Å². The maximum Gasteiger partial charge on any atom is 0.315 e. The quantitative estimate of drug-likeness (QED) is 0.753. The van der Waals surface area contributed by atoms with E-state index in [0.29, 0.717) is 19.8 Å². The van der Waals surface area contributed by atoms with Crippen LogP contribution < -0.4 is 10.6 Å². The van der Waals surface area contributed by atoms with E-state index in [-0.39, 0.29) is 30.3 Å². The summed E-state index contributed by atoms with van der Waals surface area (Å²) in [5.74, 6) is 0. The van der Waals surface area contributed by atoms with Crippen LogP contribution in [-0.4, -0.2) is 71.5 Å². The van der Waals surface area contributed by atoms with E-state index in [4.69, 9.17) is 9.47 Å². The predicted octanol–water partition coefficient (Wildman–Crippen LogP) is 0.546. The van der Waals surface area contributed by atoms with E-state index in [2.05, 4.69) is 20.9 Å². The number of hydrogen-bond donors (Lipinski definition) is 2. The molecule has 1 aromatic heterocycles. The Morgan fingerprint density at radius 1 is 1.21 bits per heavy atom. The minimum absolute atomic E-state index is 0.0346. The number of urea groups is 1. The molecule has 2 amide bonds. The fourth-order valence-corrected chi connectivity index (χ4v) is 3.70. The Bertz CT molecular complexity index is 796. The van der Waals surface area contributed by atoms with Crippen molar-refractivity contribution in [1.29, 1.82) is 0 Å². The second-order valence-corrected chi connectivity index (χ2v) is 7.51. The standard InChI is InChI=1S/C19H26N6O3/c1-24(2)9-14-10-25(23-22-14)16-12-28-17-15(11-27-18(16)17)21-19(26)20-8-13-6-4-3-5-7-13/h3-7,10,15-18H,8-9,11-12H2,1-2H3,(H2,20,21,26). The van der Waals surface area contributed by atoms with E-state index in [1.54, 1.807) is 0 Å². The number of hydrogen-bond acceptors (Lipinski definition) is 6. The zero-order valence-electron chi connectivity index (χ0n) is 16.1. The number of rotatable bonds is 6. The highest BCUT2D eigenvalue weighted by atomic mass is 16.6. The molecule has 4 rings (SSSR count). The average Bonchev–Trinajstić information content (AvgIpc) is 3.38.